The van der Waals surface area contributed by atoms with Crippen molar-refractivity contribution in [3.63, 3.8) is 0 Å². The molecular weight excluding hydrogens is 423 g/mol. The van der Waals surface area contributed by atoms with Gasteiger partial charge in [0.2, 0.25) is 0 Å². The average Bonchev–Trinajstić information content (AvgIpc) is 3.27. The van der Waals surface area contributed by atoms with Crippen molar-refractivity contribution in [2.75, 3.05) is 18.4 Å². The fourth-order valence-corrected chi connectivity index (χ4v) is 4.24. The van der Waals surface area contributed by atoms with Gasteiger partial charge in [-0.15, -0.1) is 4.80 Å². The molecule has 1 unspecified atom stereocenters. The molecule has 1 amide bonds. The molecule has 2 aromatic heterocycles. The Hall–Kier alpha value is -2.64. The van der Waals surface area contributed by atoms with Crippen LogP contribution in [0.3, 0.4) is 0 Å². The number of carbonyl (C=O) groups excluding carboxylic acids is 1. The van der Waals surface area contributed by atoms with Crippen molar-refractivity contribution in [2.24, 2.45) is 5.92 Å². The fraction of sp³-hybridized carbons (Fsp3) is 0.333. The number of anilines is 1. The number of benzene rings is 1. The van der Waals surface area contributed by atoms with Crippen LogP contribution in [0.25, 0.3) is 5.69 Å². The van der Waals surface area contributed by atoms with E-state index in [2.05, 4.69) is 27.4 Å². The summed E-state index contributed by atoms with van der Waals surface area (Å²) in [5.74, 6) is 0.994. The maximum absolute atomic E-state index is 13.6. The first kappa shape index (κ1) is 20.6. The quantitative estimate of drug-likeness (QED) is 0.633. The standard InChI is InChI=1S/C21H22Cl2N6O/c1-14-4-3-11-28(18(14)13-25-19-8-7-15(22)12-24-19)21(30)16-5-2-6-17(23)20(16)29-26-9-10-27-29/h2,5-10,12,14,18H,3-4,11,13H2,1H3,(H,24,25)/t14-,18?/m1/s1. The highest BCUT2D eigenvalue weighted by Crippen LogP contribution is 2.29. The zero-order valence-electron chi connectivity index (χ0n) is 16.5. The summed E-state index contributed by atoms with van der Waals surface area (Å²) < 4.78 is 0. The van der Waals surface area contributed by atoms with Crippen molar-refractivity contribution in [2.45, 2.75) is 25.8 Å². The van der Waals surface area contributed by atoms with Crippen LogP contribution in [-0.4, -0.2) is 49.9 Å². The number of amides is 1. The summed E-state index contributed by atoms with van der Waals surface area (Å²) in [5.41, 5.74) is 0.987. The van der Waals surface area contributed by atoms with Crippen molar-refractivity contribution >= 4 is 34.9 Å². The van der Waals surface area contributed by atoms with Crippen molar-refractivity contribution in [1.29, 1.82) is 0 Å². The number of pyridine rings is 1. The molecule has 30 heavy (non-hydrogen) atoms. The van der Waals surface area contributed by atoms with Gasteiger partial charge in [-0.3, -0.25) is 4.79 Å². The minimum atomic E-state index is -0.0767. The first-order valence-electron chi connectivity index (χ1n) is 9.86. The third kappa shape index (κ3) is 4.27. The lowest BCUT2D eigenvalue weighted by Gasteiger charge is -2.40. The van der Waals surface area contributed by atoms with Gasteiger partial charge in [-0.2, -0.15) is 10.2 Å². The molecule has 1 aliphatic rings. The Morgan fingerprint density at radius 3 is 2.73 bits per heavy atom. The van der Waals surface area contributed by atoms with E-state index in [0.717, 1.165) is 18.7 Å². The number of hydrogen-bond acceptors (Lipinski definition) is 5. The van der Waals surface area contributed by atoms with E-state index < -0.39 is 0 Å². The molecule has 3 aromatic rings. The second-order valence-corrected chi connectivity index (χ2v) is 8.23. The van der Waals surface area contributed by atoms with Gasteiger partial charge in [0.1, 0.15) is 11.5 Å². The summed E-state index contributed by atoms with van der Waals surface area (Å²) in [6.07, 6.45) is 6.75. The highest BCUT2D eigenvalue weighted by Gasteiger charge is 2.33. The normalized spacial score (nSPS) is 19.0. The number of piperidine rings is 1. The van der Waals surface area contributed by atoms with Crippen LogP contribution < -0.4 is 5.32 Å². The number of hydrogen-bond donors (Lipinski definition) is 1. The predicted octanol–water partition coefficient (Wildman–Crippen LogP) is 4.32. The Morgan fingerprint density at radius 1 is 1.20 bits per heavy atom. The Labute approximate surface area is 185 Å². The Bertz CT molecular complexity index is 1010. The monoisotopic (exact) mass is 444 g/mol. The molecular formula is C21H22Cl2N6O. The van der Waals surface area contributed by atoms with Gasteiger partial charge in [0.15, 0.2) is 0 Å². The molecule has 2 atom stereocenters. The number of halogens is 2. The van der Waals surface area contributed by atoms with Crippen molar-refractivity contribution in [3.05, 3.63) is 64.5 Å². The average molecular weight is 445 g/mol. The van der Waals surface area contributed by atoms with Gasteiger partial charge in [-0.25, -0.2) is 4.98 Å². The topological polar surface area (TPSA) is 75.9 Å². The largest absolute Gasteiger partial charge is 0.368 e. The Kier molecular flexibility index (Phi) is 6.20. The second kappa shape index (κ2) is 9.02. The number of para-hydroxylation sites is 1. The molecule has 0 bridgehead atoms. The lowest BCUT2D eigenvalue weighted by Crippen LogP contribution is -2.51. The summed E-state index contributed by atoms with van der Waals surface area (Å²) >= 11 is 12.3. The first-order valence-corrected chi connectivity index (χ1v) is 10.6. The third-order valence-corrected chi connectivity index (χ3v) is 5.96. The second-order valence-electron chi connectivity index (χ2n) is 7.38. The molecule has 7 nitrogen and oxygen atoms in total. The molecule has 0 spiro atoms. The first-order chi connectivity index (χ1) is 14.5. The van der Waals surface area contributed by atoms with Crippen LogP contribution in [0.15, 0.2) is 48.9 Å². The van der Waals surface area contributed by atoms with Crippen LogP contribution in [0.2, 0.25) is 10.0 Å². The van der Waals surface area contributed by atoms with Crippen molar-refractivity contribution < 1.29 is 4.79 Å². The van der Waals surface area contributed by atoms with E-state index in [1.54, 1.807) is 42.9 Å². The van der Waals surface area contributed by atoms with Gasteiger partial charge >= 0.3 is 0 Å². The zero-order chi connectivity index (χ0) is 21.1. The smallest absolute Gasteiger partial charge is 0.256 e. The zero-order valence-corrected chi connectivity index (χ0v) is 18.0. The summed E-state index contributed by atoms with van der Waals surface area (Å²) in [6.45, 7) is 3.45. The molecule has 0 saturated carbocycles. The van der Waals surface area contributed by atoms with E-state index in [4.69, 9.17) is 23.2 Å². The Balaban J connectivity index is 1.60. The lowest BCUT2D eigenvalue weighted by atomic mass is 9.90. The predicted molar refractivity (Wildman–Crippen MR) is 117 cm³/mol. The maximum atomic E-state index is 13.6. The van der Waals surface area contributed by atoms with Crippen LogP contribution in [-0.2, 0) is 0 Å². The third-order valence-electron chi connectivity index (χ3n) is 5.43. The van der Waals surface area contributed by atoms with Crippen LogP contribution >= 0.6 is 23.2 Å². The molecule has 0 radical (unpaired) electrons. The van der Waals surface area contributed by atoms with Crippen LogP contribution in [0.5, 0.6) is 0 Å². The number of nitrogens with one attached hydrogen (secondary N) is 1. The van der Waals surface area contributed by atoms with Gasteiger partial charge in [0.05, 0.1) is 34.0 Å². The number of nitrogens with zero attached hydrogens (tertiary/aromatic N) is 5. The van der Waals surface area contributed by atoms with Crippen LogP contribution in [0.1, 0.15) is 30.1 Å². The number of carbonyl (C=O) groups is 1. The van der Waals surface area contributed by atoms with Crippen molar-refractivity contribution in [1.82, 2.24) is 24.9 Å². The molecule has 0 aliphatic carbocycles. The Morgan fingerprint density at radius 2 is 2.00 bits per heavy atom. The van der Waals surface area contributed by atoms with Gasteiger partial charge in [0, 0.05) is 19.3 Å². The number of likely N-dealkylation sites (tertiary alicyclic amines) is 1. The van der Waals surface area contributed by atoms with E-state index in [9.17, 15) is 4.79 Å². The molecule has 1 aromatic carbocycles. The van der Waals surface area contributed by atoms with E-state index in [0.29, 0.717) is 40.3 Å². The molecule has 1 saturated heterocycles. The van der Waals surface area contributed by atoms with E-state index in [1.807, 2.05) is 11.0 Å². The van der Waals surface area contributed by atoms with E-state index in [1.165, 1.54) is 4.80 Å². The summed E-state index contributed by atoms with van der Waals surface area (Å²) in [4.78, 5) is 21.2. The highest BCUT2D eigenvalue weighted by molar-refractivity contribution is 6.33. The number of rotatable bonds is 5. The summed E-state index contributed by atoms with van der Waals surface area (Å²) in [7, 11) is 0. The fourth-order valence-electron chi connectivity index (χ4n) is 3.88. The highest BCUT2D eigenvalue weighted by atomic mass is 35.5. The SMILES string of the molecule is C[C@@H]1CCCN(C(=O)c2cccc(Cl)c2-n2nccn2)C1CNc1ccc(Cl)cn1. The molecule has 1 N–H and O–H groups in total. The molecule has 9 heteroatoms. The van der Waals surface area contributed by atoms with E-state index in [-0.39, 0.29) is 11.9 Å². The number of aromatic nitrogens is 4. The van der Waals surface area contributed by atoms with Gasteiger partial charge < -0.3 is 10.2 Å². The van der Waals surface area contributed by atoms with Crippen LogP contribution in [0, 0.1) is 5.92 Å². The van der Waals surface area contributed by atoms with Crippen LogP contribution in [0.4, 0.5) is 5.82 Å². The maximum Gasteiger partial charge on any atom is 0.256 e. The van der Waals surface area contributed by atoms with Crippen molar-refractivity contribution in [3.8, 4) is 5.69 Å². The lowest BCUT2D eigenvalue weighted by molar-refractivity contribution is 0.0539. The molecule has 156 valence electrons. The molecule has 1 aliphatic heterocycles. The minimum absolute atomic E-state index is 0.0149. The van der Waals surface area contributed by atoms with Gasteiger partial charge in [-0.1, -0.05) is 36.2 Å². The summed E-state index contributed by atoms with van der Waals surface area (Å²) in [5, 5.41) is 12.7. The molecule has 4 rings (SSSR count). The summed E-state index contributed by atoms with van der Waals surface area (Å²) in [6, 6.07) is 8.93. The van der Waals surface area contributed by atoms with Gasteiger partial charge in [0.25, 0.3) is 5.91 Å². The molecule has 1 fully saturated rings. The minimum Gasteiger partial charge on any atom is -0.368 e. The molecule has 3 heterocycles. The van der Waals surface area contributed by atoms with E-state index >= 15 is 0 Å². The van der Waals surface area contributed by atoms with Gasteiger partial charge in [-0.05, 0) is 43.0 Å².